The van der Waals surface area contributed by atoms with Crippen LogP contribution < -0.4 is 10.6 Å². The SMILES string of the molecule is Cc1ccccc1C(NC(=O)NCCCO)C(C)(C)C. The Morgan fingerprint density at radius 2 is 1.95 bits per heavy atom. The number of amides is 2. The van der Waals surface area contributed by atoms with Crippen molar-refractivity contribution in [1.29, 1.82) is 0 Å². The number of rotatable bonds is 5. The summed E-state index contributed by atoms with van der Waals surface area (Å²) >= 11 is 0. The molecule has 1 unspecified atom stereocenters. The third-order valence-corrected chi connectivity index (χ3v) is 3.26. The fourth-order valence-corrected chi connectivity index (χ4v) is 2.13. The van der Waals surface area contributed by atoms with Gasteiger partial charge in [0.25, 0.3) is 0 Å². The first-order valence-corrected chi connectivity index (χ1v) is 7.07. The molecule has 4 heteroatoms. The zero-order chi connectivity index (χ0) is 15.2. The lowest BCUT2D eigenvalue weighted by molar-refractivity contribution is 0.216. The Bertz CT molecular complexity index is 438. The fourth-order valence-electron chi connectivity index (χ4n) is 2.13. The second-order valence-corrected chi connectivity index (χ2v) is 6.13. The number of carbonyl (C=O) groups excluding carboxylic acids is 1. The minimum absolute atomic E-state index is 0.0576. The Kier molecular flexibility index (Phi) is 6.02. The number of benzene rings is 1. The Balaban J connectivity index is 2.82. The molecule has 112 valence electrons. The molecule has 0 aliphatic rings. The highest BCUT2D eigenvalue weighted by atomic mass is 16.3. The van der Waals surface area contributed by atoms with Crippen LogP contribution in [-0.2, 0) is 0 Å². The molecule has 1 rings (SSSR count). The topological polar surface area (TPSA) is 61.4 Å². The van der Waals surface area contributed by atoms with Crippen LogP contribution in [0.4, 0.5) is 4.79 Å². The maximum absolute atomic E-state index is 12.0. The van der Waals surface area contributed by atoms with Crippen LogP contribution in [0.5, 0.6) is 0 Å². The predicted molar refractivity (Wildman–Crippen MR) is 81.6 cm³/mol. The van der Waals surface area contributed by atoms with Gasteiger partial charge in [0.2, 0.25) is 0 Å². The average molecular weight is 278 g/mol. The largest absolute Gasteiger partial charge is 0.396 e. The summed E-state index contributed by atoms with van der Waals surface area (Å²) in [7, 11) is 0. The zero-order valence-corrected chi connectivity index (χ0v) is 12.9. The Morgan fingerprint density at radius 3 is 2.50 bits per heavy atom. The molecular formula is C16H26N2O2. The van der Waals surface area contributed by atoms with E-state index in [0.29, 0.717) is 13.0 Å². The van der Waals surface area contributed by atoms with E-state index >= 15 is 0 Å². The predicted octanol–water partition coefficient (Wildman–Crippen LogP) is 2.76. The molecule has 3 N–H and O–H groups in total. The molecule has 0 radical (unpaired) electrons. The van der Waals surface area contributed by atoms with Gasteiger partial charge in [-0.3, -0.25) is 0 Å². The summed E-state index contributed by atoms with van der Waals surface area (Å²) in [5.41, 5.74) is 2.22. The summed E-state index contributed by atoms with van der Waals surface area (Å²) in [5, 5.41) is 14.5. The van der Waals surface area contributed by atoms with Crippen LogP contribution in [0.15, 0.2) is 24.3 Å². The van der Waals surface area contributed by atoms with Gasteiger partial charge in [0, 0.05) is 13.2 Å². The molecule has 0 bridgehead atoms. The van der Waals surface area contributed by atoms with E-state index in [-0.39, 0.29) is 24.1 Å². The summed E-state index contributed by atoms with van der Waals surface area (Å²) in [6.07, 6.45) is 0.567. The number of hydrogen-bond donors (Lipinski definition) is 3. The molecule has 1 aromatic rings. The van der Waals surface area contributed by atoms with Gasteiger partial charge >= 0.3 is 6.03 Å². The number of aliphatic hydroxyl groups excluding tert-OH is 1. The van der Waals surface area contributed by atoms with Crippen molar-refractivity contribution < 1.29 is 9.90 Å². The normalized spacial score (nSPS) is 12.8. The average Bonchev–Trinajstić information content (AvgIpc) is 2.36. The van der Waals surface area contributed by atoms with Gasteiger partial charge < -0.3 is 15.7 Å². The number of urea groups is 1. The van der Waals surface area contributed by atoms with E-state index in [4.69, 9.17) is 5.11 Å². The van der Waals surface area contributed by atoms with Crippen LogP contribution in [0, 0.1) is 12.3 Å². The van der Waals surface area contributed by atoms with E-state index in [1.165, 1.54) is 5.56 Å². The summed E-state index contributed by atoms with van der Waals surface area (Å²) in [6, 6.07) is 7.85. The van der Waals surface area contributed by atoms with E-state index < -0.39 is 0 Å². The monoisotopic (exact) mass is 278 g/mol. The molecule has 0 aliphatic heterocycles. The lowest BCUT2D eigenvalue weighted by atomic mass is 9.81. The van der Waals surface area contributed by atoms with Gasteiger partial charge in [-0.05, 0) is 29.9 Å². The summed E-state index contributed by atoms with van der Waals surface area (Å²) < 4.78 is 0. The van der Waals surface area contributed by atoms with Gasteiger partial charge in [-0.25, -0.2) is 4.79 Å². The van der Waals surface area contributed by atoms with Gasteiger partial charge in [-0.15, -0.1) is 0 Å². The van der Waals surface area contributed by atoms with E-state index in [2.05, 4.69) is 50.5 Å². The van der Waals surface area contributed by atoms with Crippen LogP contribution in [0.2, 0.25) is 0 Å². The first-order valence-electron chi connectivity index (χ1n) is 7.07. The summed E-state index contributed by atoms with van der Waals surface area (Å²) in [5.74, 6) is 0. The second-order valence-electron chi connectivity index (χ2n) is 6.13. The Hall–Kier alpha value is -1.55. The van der Waals surface area contributed by atoms with Gasteiger partial charge in [-0.2, -0.15) is 0 Å². The van der Waals surface area contributed by atoms with Crippen LogP contribution in [0.25, 0.3) is 0 Å². The molecule has 20 heavy (non-hydrogen) atoms. The molecule has 0 saturated heterocycles. The Labute approximate surface area is 121 Å². The minimum atomic E-state index is -0.193. The van der Waals surface area contributed by atoms with E-state index in [1.807, 2.05) is 12.1 Å². The summed E-state index contributed by atoms with van der Waals surface area (Å²) in [6.45, 7) is 8.95. The van der Waals surface area contributed by atoms with Crippen LogP contribution in [-0.4, -0.2) is 24.3 Å². The van der Waals surface area contributed by atoms with Gasteiger partial charge in [0.15, 0.2) is 0 Å². The number of nitrogens with one attached hydrogen (secondary N) is 2. The lowest BCUT2D eigenvalue weighted by Gasteiger charge is -2.33. The van der Waals surface area contributed by atoms with E-state index in [0.717, 1.165) is 5.56 Å². The molecule has 0 aromatic heterocycles. The second kappa shape index (κ2) is 7.29. The van der Waals surface area contributed by atoms with Gasteiger partial charge in [0.05, 0.1) is 6.04 Å². The number of hydrogen-bond acceptors (Lipinski definition) is 2. The molecule has 0 fully saturated rings. The smallest absolute Gasteiger partial charge is 0.315 e. The first kappa shape index (κ1) is 16.5. The molecule has 0 heterocycles. The minimum Gasteiger partial charge on any atom is -0.396 e. The zero-order valence-electron chi connectivity index (χ0n) is 12.9. The van der Waals surface area contributed by atoms with Crippen molar-refractivity contribution in [3.8, 4) is 0 Å². The maximum Gasteiger partial charge on any atom is 0.315 e. The maximum atomic E-state index is 12.0. The number of aliphatic hydroxyl groups is 1. The van der Waals surface area contributed by atoms with Crippen molar-refractivity contribution in [2.45, 2.75) is 40.2 Å². The van der Waals surface area contributed by atoms with Crippen molar-refractivity contribution in [3.05, 3.63) is 35.4 Å². The van der Waals surface area contributed by atoms with Gasteiger partial charge in [-0.1, -0.05) is 45.0 Å². The quantitative estimate of drug-likeness (QED) is 0.725. The third-order valence-electron chi connectivity index (χ3n) is 3.26. The number of carbonyl (C=O) groups is 1. The molecule has 1 atom stereocenters. The van der Waals surface area contributed by atoms with Gasteiger partial charge in [0.1, 0.15) is 0 Å². The van der Waals surface area contributed by atoms with Crippen LogP contribution in [0.3, 0.4) is 0 Å². The number of aryl methyl sites for hydroxylation is 1. The molecule has 0 saturated carbocycles. The van der Waals surface area contributed by atoms with Crippen LogP contribution >= 0.6 is 0 Å². The highest BCUT2D eigenvalue weighted by Crippen LogP contribution is 2.34. The fraction of sp³-hybridized carbons (Fsp3) is 0.562. The molecule has 1 aromatic carbocycles. The molecule has 0 aliphatic carbocycles. The highest BCUT2D eigenvalue weighted by Gasteiger charge is 2.28. The first-order chi connectivity index (χ1) is 9.36. The lowest BCUT2D eigenvalue weighted by Crippen LogP contribution is -2.43. The van der Waals surface area contributed by atoms with Crippen molar-refractivity contribution >= 4 is 6.03 Å². The standard InChI is InChI=1S/C16H26N2O2/c1-12-8-5-6-9-13(12)14(16(2,3)4)18-15(20)17-10-7-11-19/h5-6,8-9,14,19H,7,10-11H2,1-4H3,(H2,17,18,20). The van der Waals surface area contributed by atoms with Crippen molar-refractivity contribution in [2.75, 3.05) is 13.2 Å². The van der Waals surface area contributed by atoms with E-state index in [1.54, 1.807) is 0 Å². The third kappa shape index (κ3) is 4.85. The highest BCUT2D eigenvalue weighted by molar-refractivity contribution is 5.74. The molecule has 0 spiro atoms. The molecular weight excluding hydrogens is 252 g/mol. The van der Waals surface area contributed by atoms with Crippen LogP contribution in [0.1, 0.15) is 44.4 Å². The van der Waals surface area contributed by atoms with Crippen molar-refractivity contribution in [1.82, 2.24) is 10.6 Å². The van der Waals surface area contributed by atoms with Crippen molar-refractivity contribution in [2.24, 2.45) is 5.41 Å². The molecule has 2 amide bonds. The Morgan fingerprint density at radius 1 is 1.30 bits per heavy atom. The molecule has 4 nitrogen and oxygen atoms in total. The van der Waals surface area contributed by atoms with Crippen molar-refractivity contribution in [3.63, 3.8) is 0 Å². The summed E-state index contributed by atoms with van der Waals surface area (Å²) in [4.78, 5) is 12.0. The van der Waals surface area contributed by atoms with E-state index in [9.17, 15) is 4.79 Å².